The number of nitriles is 1. The number of thioether (sulfide) groups is 1. The van der Waals surface area contributed by atoms with Crippen LogP contribution < -0.4 is 5.32 Å². The van der Waals surface area contributed by atoms with E-state index in [0.717, 1.165) is 0 Å². The van der Waals surface area contributed by atoms with Gasteiger partial charge in [-0.2, -0.15) is 5.26 Å². The topological polar surface area (TPSA) is 73.2 Å². The lowest BCUT2D eigenvalue weighted by Crippen LogP contribution is -2.57. The van der Waals surface area contributed by atoms with Crippen molar-refractivity contribution in [1.29, 1.82) is 5.26 Å². The van der Waals surface area contributed by atoms with E-state index in [0.29, 0.717) is 25.3 Å². The van der Waals surface area contributed by atoms with Crippen LogP contribution in [0.1, 0.15) is 13.3 Å². The van der Waals surface area contributed by atoms with Gasteiger partial charge in [0, 0.05) is 13.1 Å². The summed E-state index contributed by atoms with van der Waals surface area (Å²) in [6, 6.07) is 1.63. The fourth-order valence-electron chi connectivity index (χ4n) is 1.69. The maximum Gasteiger partial charge on any atom is 0.242 e. The van der Waals surface area contributed by atoms with Crippen LogP contribution in [0, 0.1) is 11.3 Å². The number of piperazine rings is 1. The average Bonchev–Trinajstić information content (AvgIpc) is 2.29. The molecule has 1 aliphatic heterocycles. The first-order valence-corrected chi connectivity index (χ1v) is 6.38. The molecule has 0 radical (unpaired) electrons. The Labute approximate surface area is 99.2 Å². The van der Waals surface area contributed by atoms with Crippen LogP contribution in [0.5, 0.6) is 0 Å². The molecule has 0 bridgehead atoms. The monoisotopic (exact) mass is 241 g/mol. The summed E-state index contributed by atoms with van der Waals surface area (Å²) in [5.74, 6) is 0.453. The van der Waals surface area contributed by atoms with Gasteiger partial charge in [0.15, 0.2) is 0 Å². The quantitative estimate of drug-likeness (QED) is 0.702. The zero-order chi connectivity index (χ0) is 12.0. The third kappa shape index (κ3) is 3.14. The highest BCUT2D eigenvalue weighted by molar-refractivity contribution is 8.00. The molecule has 1 N–H and O–H groups in total. The molecular weight excluding hydrogens is 226 g/mol. The lowest BCUT2D eigenvalue weighted by molar-refractivity contribution is -0.141. The summed E-state index contributed by atoms with van der Waals surface area (Å²) in [5, 5.41) is 11.1. The molecule has 2 amide bonds. The Morgan fingerprint density at radius 3 is 3.12 bits per heavy atom. The fraction of sp³-hybridized carbons (Fsp3) is 0.700. The second kappa shape index (κ2) is 6.38. The third-order valence-corrected chi connectivity index (χ3v) is 3.21. The molecule has 1 aliphatic rings. The number of rotatable bonds is 4. The van der Waals surface area contributed by atoms with Crippen molar-refractivity contribution in [2.75, 3.05) is 24.6 Å². The molecule has 0 spiro atoms. The van der Waals surface area contributed by atoms with Crippen molar-refractivity contribution in [3.8, 4) is 6.07 Å². The standard InChI is InChI=1S/C10H15N3O2S/c1-2-8-10(15)12-4-5-13(8)9(14)7-16-6-3-11/h8H,2,4-7H2,1H3,(H,12,15). The van der Waals surface area contributed by atoms with Crippen LogP contribution in [0.2, 0.25) is 0 Å². The normalized spacial score (nSPS) is 20.1. The van der Waals surface area contributed by atoms with Crippen molar-refractivity contribution >= 4 is 23.6 Å². The molecule has 5 nitrogen and oxygen atoms in total. The number of nitrogens with one attached hydrogen (secondary N) is 1. The molecule has 0 aromatic rings. The van der Waals surface area contributed by atoms with Gasteiger partial charge in [-0.1, -0.05) is 6.92 Å². The summed E-state index contributed by atoms with van der Waals surface area (Å²) in [4.78, 5) is 24.9. The second-order valence-corrected chi connectivity index (χ2v) is 4.44. The first kappa shape index (κ1) is 12.8. The zero-order valence-corrected chi connectivity index (χ0v) is 10.0. The van der Waals surface area contributed by atoms with E-state index in [9.17, 15) is 9.59 Å². The van der Waals surface area contributed by atoms with Crippen molar-refractivity contribution in [3.63, 3.8) is 0 Å². The van der Waals surface area contributed by atoms with E-state index in [1.54, 1.807) is 4.90 Å². The van der Waals surface area contributed by atoms with Gasteiger partial charge >= 0.3 is 0 Å². The summed E-state index contributed by atoms with van der Waals surface area (Å²) >= 11 is 1.28. The summed E-state index contributed by atoms with van der Waals surface area (Å²) in [7, 11) is 0. The Kier molecular flexibility index (Phi) is 5.12. The van der Waals surface area contributed by atoms with E-state index in [1.165, 1.54) is 11.8 Å². The van der Waals surface area contributed by atoms with Crippen molar-refractivity contribution < 1.29 is 9.59 Å². The van der Waals surface area contributed by atoms with Gasteiger partial charge in [-0.3, -0.25) is 9.59 Å². The van der Waals surface area contributed by atoms with Gasteiger partial charge in [-0.05, 0) is 6.42 Å². The molecule has 16 heavy (non-hydrogen) atoms. The molecule has 1 heterocycles. The lowest BCUT2D eigenvalue weighted by atomic mass is 10.1. The van der Waals surface area contributed by atoms with Crippen LogP contribution in [0.4, 0.5) is 0 Å². The molecule has 1 saturated heterocycles. The molecule has 0 aliphatic carbocycles. The number of hydrogen-bond donors (Lipinski definition) is 1. The minimum Gasteiger partial charge on any atom is -0.353 e. The SMILES string of the molecule is CCC1C(=O)NCCN1C(=O)CSCC#N. The minimum absolute atomic E-state index is 0.0537. The predicted octanol–water partition coefficient (Wildman–Crippen LogP) is -0.0198. The van der Waals surface area contributed by atoms with E-state index in [4.69, 9.17) is 5.26 Å². The van der Waals surface area contributed by atoms with Crippen LogP contribution in [0.25, 0.3) is 0 Å². The van der Waals surface area contributed by atoms with Crippen LogP contribution in [-0.2, 0) is 9.59 Å². The van der Waals surface area contributed by atoms with Crippen LogP contribution in [-0.4, -0.2) is 47.4 Å². The first-order chi connectivity index (χ1) is 7.70. The van der Waals surface area contributed by atoms with Crippen molar-refractivity contribution in [2.24, 2.45) is 0 Å². The molecule has 1 rings (SSSR count). The van der Waals surface area contributed by atoms with E-state index in [-0.39, 0.29) is 23.6 Å². The van der Waals surface area contributed by atoms with Gasteiger partial charge in [0.25, 0.3) is 0 Å². The Morgan fingerprint density at radius 1 is 1.75 bits per heavy atom. The summed E-state index contributed by atoms with van der Waals surface area (Å²) in [6.45, 7) is 2.97. The van der Waals surface area contributed by atoms with E-state index in [1.807, 2.05) is 13.0 Å². The van der Waals surface area contributed by atoms with E-state index < -0.39 is 0 Å². The highest BCUT2D eigenvalue weighted by Crippen LogP contribution is 2.11. The van der Waals surface area contributed by atoms with E-state index in [2.05, 4.69) is 5.32 Å². The largest absolute Gasteiger partial charge is 0.353 e. The van der Waals surface area contributed by atoms with Gasteiger partial charge in [0.1, 0.15) is 6.04 Å². The Bertz CT molecular complexity index is 314. The summed E-state index contributed by atoms with van der Waals surface area (Å²) in [6.07, 6.45) is 0.625. The minimum atomic E-state index is -0.344. The average molecular weight is 241 g/mol. The molecule has 1 atom stereocenters. The number of nitrogens with zero attached hydrogens (tertiary/aromatic N) is 2. The molecule has 1 fully saturated rings. The van der Waals surface area contributed by atoms with Gasteiger partial charge in [0.2, 0.25) is 11.8 Å². The predicted molar refractivity (Wildman–Crippen MR) is 61.7 cm³/mol. The van der Waals surface area contributed by atoms with Gasteiger partial charge in [-0.25, -0.2) is 0 Å². The summed E-state index contributed by atoms with van der Waals surface area (Å²) < 4.78 is 0. The van der Waals surface area contributed by atoms with Gasteiger partial charge < -0.3 is 10.2 Å². The first-order valence-electron chi connectivity index (χ1n) is 5.22. The Morgan fingerprint density at radius 2 is 2.50 bits per heavy atom. The maximum absolute atomic E-state index is 11.8. The van der Waals surface area contributed by atoms with Crippen LogP contribution in [0.15, 0.2) is 0 Å². The number of amides is 2. The molecule has 6 heteroatoms. The van der Waals surface area contributed by atoms with Crippen molar-refractivity contribution in [1.82, 2.24) is 10.2 Å². The summed E-state index contributed by atoms with van der Waals surface area (Å²) in [5.41, 5.74) is 0. The van der Waals surface area contributed by atoms with Gasteiger partial charge in [-0.15, -0.1) is 11.8 Å². The smallest absolute Gasteiger partial charge is 0.242 e. The number of hydrogen-bond acceptors (Lipinski definition) is 4. The highest BCUT2D eigenvalue weighted by Gasteiger charge is 2.30. The lowest BCUT2D eigenvalue weighted by Gasteiger charge is -2.34. The molecule has 1 unspecified atom stereocenters. The van der Waals surface area contributed by atoms with E-state index >= 15 is 0 Å². The molecule has 0 aromatic heterocycles. The number of carbonyl (C=O) groups excluding carboxylic acids is 2. The molecule has 88 valence electrons. The van der Waals surface area contributed by atoms with Crippen LogP contribution >= 0.6 is 11.8 Å². The maximum atomic E-state index is 11.8. The molecular formula is C10H15N3O2S. The van der Waals surface area contributed by atoms with Gasteiger partial charge in [0.05, 0.1) is 17.6 Å². The highest BCUT2D eigenvalue weighted by atomic mass is 32.2. The molecule has 0 saturated carbocycles. The molecule has 0 aromatic carbocycles. The van der Waals surface area contributed by atoms with Crippen molar-refractivity contribution in [3.05, 3.63) is 0 Å². The van der Waals surface area contributed by atoms with Crippen LogP contribution in [0.3, 0.4) is 0 Å². The number of carbonyl (C=O) groups is 2. The zero-order valence-electron chi connectivity index (χ0n) is 9.23. The van der Waals surface area contributed by atoms with Crippen molar-refractivity contribution in [2.45, 2.75) is 19.4 Å². The third-order valence-electron chi connectivity index (χ3n) is 2.43. The Balaban J connectivity index is 2.52. The second-order valence-electron chi connectivity index (χ2n) is 3.45. The fourth-order valence-corrected chi connectivity index (χ4v) is 2.22. The Hall–Kier alpha value is -1.22.